The number of sulfonamides is 1. The minimum absolute atomic E-state index is 0.0449. The molecule has 49 heavy (non-hydrogen) atoms. The van der Waals surface area contributed by atoms with Gasteiger partial charge in [0.1, 0.15) is 17.6 Å². The predicted molar refractivity (Wildman–Crippen MR) is 185 cm³/mol. The van der Waals surface area contributed by atoms with E-state index in [1.807, 2.05) is 30.3 Å². The van der Waals surface area contributed by atoms with E-state index in [4.69, 9.17) is 21.1 Å². The summed E-state index contributed by atoms with van der Waals surface area (Å²) in [4.78, 5) is 31.5. The highest BCUT2D eigenvalue weighted by molar-refractivity contribution is 7.92. The SMILES string of the molecule is O=C(NCCN1CCOCC1)[C@@H](Cc1ccccc1)N(Cc1ccc(Cl)cc1)C(=O)COc1ccc(S(=O)(=O)Nc2ccc(F)cc2)cc1. The van der Waals surface area contributed by atoms with Crippen LogP contribution in [0.15, 0.2) is 108 Å². The van der Waals surface area contributed by atoms with Crippen molar-refractivity contribution < 1.29 is 31.9 Å². The zero-order valence-corrected chi connectivity index (χ0v) is 28.3. The van der Waals surface area contributed by atoms with Gasteiger partial charge in [-0.15, -0.1) is 0 Å². The average molecular weight is 709 g/mol. The molecule has 1 fully saturated rings. The molecule has 0 unspecified atom stereocenters. The number of halogens is 2. The van der Waals surface area contributed by atoms with Crippen molar-refractivity contribution in [3.8, 4) is 5.75 Å². The predicted octanol–water partition coefficient (Wildman–Crippen LogP) is 4.75. The molecule has 4 aromatic carbocycles. The van der Waals surface area contributed by atoms with Crippen molar-refractivity contribution in [2.45, 2.75) is 23.9 Å². The van der Waals surface area contributed by atoms with Crippen molar-refractivity contribution in [3.63, 3.8) is 0 Å². The van der Waals surface area contributed by atoms with Crippen molar-refractivity contribution >= 4 is 39.1 Å². The van der Waals surface area contributed by atoms with Crippen LogP contribution in [-0.2, 0) is 37.3 Å². The number of anilines is 1. The fourth-order valence-corrected chi connectivity index (χ4v) is 6.48. The second-order valence-electron chi connectivity index (χ2n) is 11.5. The second-order valence-corrected chi connectivity index (χ2v) is 13.6. The maximum Gasteiger partial charge on any atom is 0.261 e. The third kappa shape index (κ3) is 10.8. The van der Waals surface area contributed by atoms with Crippen LogP contribution in [0.25, 0.3) is 0 Å². The number of hydrogen-bond donors (Lipinski definition) is 2. The van der Waals surface area contributed by atoms with Crippen LogP contribution in [0.5, 0.6) is 5.75 Å². The summed E-state index contributed by atoms with van der Waals surface area (Å²) in [6.07, 6.45) is 0.275. The lowest BCUT2D eigenvalue weighted by Gasteiger charge is -2.32. The number of carbonyl (C=O) groups is 2. The summed E-state index contributed by atoms with van der Waals surface area (Å²) in [6, 6.07) is 26.2. The molecule has 5 rings (SSSR count). The Morgan fingerprint density at radius 2 is 1.57 bits per heavy atom. The highest BCUT2D eigenvalue weighted by Gasteiger charge is 2.31. The summed E-state index contributed by atoms with van der Waals surface area (Å²) < 4.78 is 52.6. The molecule has 0 saturated carbocycles. The van der Waals surface area contributed by atoms with Crippen LogP contribution in [0.2, 0.25) is 5.02 Å². The van der Waals surface area contributed by atoms with Crippen molar-refractivity contribution in [3.05, 3.63) is 125 Å². The first-order valence-electron chi connectivity index (χ1n) is 15.8. The molecule has 1 aliphatic rings. The number of amides is 2. The van der Waals surface area contributed by atoms with Gasteiger partial charge in [-0.05, 0) is 71.8 Å². The van der Waals surface area contributed by atoms with Gasteiger partial charge in [0.25, 0.3) is 15.9 Å². The quantitative estimate of drug-likeness (QED) is 0.183. The molecule has 13 heteroatoms. The molecule has 258 valence electrons. The summed E-state index contributed by atoms with van der Waals surface area (Å²) in [7, 11) is -3.96. The Balaban J connectivity index is 1.31. The fourth-order valence-electron chi connectivity index (χ4n) is 5.30. The van der Waals surface area contributed by atoms with Crippen LogP contribution in [-0.4, -0.2) is 82.1 Å². The molecule has 0 aromatic heterocycles. The zero-order chi connectivity index (χ0) is 34.6. The number of hydrogen-bond acceptors (Lipinski definition) is 7. The molecule has 1 aliphatic heterocycles. The third-order valence-corrected chi connectivity index (χ3v) is 9.61. The first-order valence-corrected chi connectivity index (χ1v) is 17.7. The van der Waals surface area contributed by atoms with Gasteiger partial charge in [0.15, 0.2) is 6.61 Å². The summed E-state index contributed by atoms with van der Waals surface area (Å²) in [5.41, 5.74) is 1.88. The first-order chi connectivity index (χ1) is 23.7. The largest absolute Gasteiger partial charge is 0.484 e. The topological polar surface area (TPSA) is 117 Å². The van der Waals surface area contributed by atoms with Gasteiger partial charge in [0.05, 0.1) is 18.1 Å². The number of morpholine rings is 1. The van der Waals surface area contributed by atoms with Crippen molar-refractivity contribution in [2.75, 3.05) is 50.7 Å². The minimum Gasteiger partial charge on any atom is -0.484 e. The van der Waals surface area contributed by atoms with E-state index in [0.717, 1.165) is 36.3 Å². The van der Waals surface area contributed by atoms with E-state index < -0.39 is 34.4 Å². The van der Waals surface area contributed by atoms with Gasteiger partial charge in [-0.1, -0.05) is 54.1 Å². The lowest BCUT2D eigenvalue weighted by atomic mass is 10.0. The van der Waals surface area contributed by atoms with E-state index in [9.17, 15) is 22.4 Å². The van der Waals surface area contributed by atoms with Crippen LogP contribution in [0.4, 0.5) is 10.1 Å². The standard InChI is InChI=1S/C36H38ClFN4O6S/c37-29-8-6-28(7-9-29)25-42(34(24-27-4-2-1-3-5-27)36(44)39-18-19-41-20-22-47-23-21-41)35(43)26-48-32-14-16-33(17-15-32)49(45,46)40-31-12-10-30(38)11-13-31/h1-17,34,40H,18-26H2,(H,39,44)/t34-/m1/s1. The number of ether oxygens (including phenoxy) is 2. The molecular formula is C36H38ClFN4O6S. The zero-order valence-electron chi connectivity index (χ0n) is 26.8. The van der Waals surface area contributed by atoms with Crippen LogP contribution in [0, 0.1) is 5.82 Å². The number of nitrogens with zero attached hydrogens (tertiary/aromatic N) is 2. The van der Waals surface area contributed by atoms with Gasteiger partial charge in [0.2, 0.25) is 5.91 Å². The van der Waals surface area contributed by atoms with E-state index in [2.05, 4.69) is 14.9 Å². The average Bonchev–Trinajstić information content (AvgIpc) is 3.11. The summed E-state index contributed by atoms with van der Waals surface area (Å²) in [5.74, 6) is -0.951. The van der Waals surface area contributed by atoms with Gasteiger partial charge < -0.3 is 19.7 Å². The lowest BCUT2D eigenvalue weighted by Crippen LogP contribution is -2.52. The fraction of sp³-hybridized carbons (Fsp3) is 0.278. The Kier molecular flexibility index (Phi) is 12.6. The number of nitrogens with one attached hydrogen (secondary N) is 2. The van der Waals surface area contributed by atoms with E-state index in [1.165, 1.54) is 41.3 Å². The normalized spacial score (nSPS) is 14.1. The van der Waals surface area contributed by atoms with Crippen LogP contribution >= 0.6 is 11.6 Å². The Hall–Kier alpha value is -4.49. The summed E-state index contributed by atoms with van der Waals surface area (Å²) in [6.45, 7) is 3.68. The van der Waals surface area contributed by atoms with Crippen molar-refractivity contribution in [1.29, 1.82) is 0 Å². The first kappa shape index (κ1) is 35.8. The van der Waals surface area contributed by atoms with Gasteiger partial charge in [-0.3, -0.25) is 19.2 Å². The van der Waals surface area contributed by atoms with E-state index in [-0.39, 0.29) is 35.2 Å². The van der Waals surface area contributed by atoms with Gasteiger partial charge in [0, 0.05) is 49.9 Å². The molecule has 4 aromatic rings. The lowest BCUT2D eigenvalue weighted by molar-refractivity contribution is -0.142. The minimum atomic E-state index is -3.96. The van der Waals surface area contributed by atoms with E-state index in [0.29, 0.717) is 31.3 Å². The van der Waals surface area contributed by atoms with Crippen LogP contribution in [0.3, 0.4) is 0 Å². The molecule has 1 saturated heterocycles. The molecule has 1 atom stereocenters. The number of benzene rings is 4. The van der Waals surface area contributed by atoms with Gasteiger partial charge in [-0.2, -0.15) is 0 Å². The summed E-state index contributed by atoms with van der Waals surface area (Å²) in [5, 5.41) is 3.58. The Morgan fingerprint density at radius 3 is 2.24 bits per heavy atom. The molecule has 2 N–H and O–H groups in total. The Labute approximate surface area is 290 Å². The van der Waals surface area contributed by atoms with Gasteiger partial charge in [-0.25, -0.2) is 12.8 Å². The van der Waals surface area contributed by atoms with Gasteiger partial charge >= 0.3 is 0 Å². The number of rotatable bonds is 15. The monoisotopic (exact) mass is 708 g/mol. The maximum absolute atomic E-state index is 13.9. The second kappa shape index (κ2) is 17.3. The highest BCUT2D eigenvalue weighted by atomic mass is 35.5. The molecule has 0 radical (unpaired) electrons. The Bertz CT molecular complexity index is 1770. The highest BCUT2D eigenvalue weighted by Crippen LogP contribution is 2.21. The smallest absolute Gasteiger partial charge is 0.261 e. The van der Waals surface area contributed by atoms with Crippen molar-refractivity contribution in [1.82, 2.24) is 15.1 Å². The molecule has 0 bridgehead atoms. The summed E-state index contributed by atoms with van der Waals surface area (Å²) >= 11 is 6.12. The molecule has 0 aliphatic carbocycles. The Morgan fingerprint density at radius 1 is 0.898 bits per heavy atom. The molecule has 10 nitrogen and oxygen atoms in total. The van der Waals surface area contributed by atoms with Crippen LogP contribution in [0.1, 0.15) is 11.1 Å². The third-order valence-electron chi connectivity index (χ3n) is 7.96. The van der Waals surface area contributed by atoms with E-state index >= 15 is 0 Å². The van der Waals surface area contributed by atoms with E-state index in [1.54, 1.807) is 24.3 Å². The van der Waals surface area contributed by atoms with Crippen molar-refractivity contribution in [2.24, 2.45) is 0 Å². The number of carbonyl (C=O) groups excluding carboxylic acids is 2. The molecular weight excluding hydrogens is 671 g/mol. The maximum atomic E-state index is 13.9. The van der Waals surface area contributed by atoms with Crippen LogP contribution < -0.4 is 14.8 Å². The molecule has 2 amide bonds. The molecule has 0 spiro atoms. The molecule has 1 heterocycles.